The van der Waals surface area contributed by atoms with Crippen LogP contribution in [0.15, 0.2) is 36.5 Å². The summed E-state index contributed by atoms with van der Waals surface area (Å²) in [7, 11) is 0. The van der Waals surface area contributed by atoms with Crippen LogP contribution in [-0.2, 0) is 14.3 Å². The number of nitrogens with zero attached hydrogens (tertiary/aromatic N) is 6. The highest BCUT2D eigenvalue weighted by atomic mass is 19.1. The van der Waals surface area contributed by atoms with E-state index >= 15 is 0 Å². The van der Waals surface area contributed by atoms with E-state index in [9.17, 15) is 14.4 Å². The Morgan fingerprint density at radius 3 is 2.62 bits per heavy atom. The first-order chi connectivity index (χ1) is 17.9. The van der Waals surface area contributed by atoms with Gasteiger partial charge in [0.15, 0.2) is 12.0 Å². The van der Waals surface area contributed by atoms with Crippen molar-refractivity contribution in [3.8, 4) is 34.9 Å². The molecule has 1 aliphatic heterocycles. The number of aromatic nitrogens is 4. The van der Waals surface area contributed by atoms with Gasteiger partial charge in [-0.15, -0.1) is 0 Å². The molecule has 1 amide bonds. The zero-order chi connectivity index (χ0) is 26.4. The fraction of sp³-hybridized carbons (Fsp3) is 0.360. The molecule has 2 aromatic heterocycles. The van der Waals surface area contributed by atoms with Crippen molar-refractivity contribution < 1.29 is 18.7 Å². The average molecular weight is 505 g/mol. The zero-order valence-corrected chi connectivity index (χ0v) is 20.4. The molecule has 3 aromatic rings. The van der Waals surface area contributed by atoms with Crippen LogP contribution in [0.1, 0.15) is 32.4 Å². The van der Waals surface area contributed by atoms with E-state index in [0.29, 0.717) is 35.0 Å². The van der Waals surface area contributed by atoms with Gasteiger partial charge in [0.1, 0.15) is 5.82 Å². The number of nitrogens with one attached hydrogen (secondary N) is 2. The Morgan fingerprint density at radius 1 is 1.24 bits per heavy atom. The Kier molecular flexibility index (Phi) is 7.72. The lowest BCUT2D eigenvalue weighted by molar-refractivity contribution is -0.231. The quantitative estimate of drug-likeness (QED) is 0.268. The number of hydrogen-bond acceptors (Lipinski definition) is 9. The summed E-state index contributed by atoms with van der Waals surface area (Å²) >= 11 is 0. The van der Waals surface area contributed by atoms with E-state index in [2.05, 4.69) is 25.3 Å². The van der Waals surface area contributed by atoms with E-state index < -0.39 is 11.7 Å². The summed E-state index contributed by atoms with van der Waals surface area (Å²) in [5.74, 6) is -0.0785. The molecule has 0 spiro atoms. The second-order valence-corrected chi connectivity index (χ2v) is 8.62. The lowest BCUT2D eigenvalue weighted by atomic mass is 9.91. The lowest BCUT2D eigenvalue weighted by Gasteiger charge is -2.35. The molecule has 1 fully saturated rings. The van der Waals surface area contributed by atoms with Crippen molar-refractivity contribution in [2.45, 2.75) is 26.6 Å². The van der Waals surface area contributed by atoms with Crippen molar-refractivity contribution in [1.29, 1.82) is 10.5 Å². The van der Waals surface area contributed by atoms with Crippen LogP contribution in [0.25, 0.3) is 22.6 Å². The van der Waals surface area contributed by atoms with Crippen LogP contribution >= 0.6 is 0 Å². The van der Waals surface area contributed by atoms with Gasteiger partial charge < -0.3 is 19.8 Å². The number of ether oxygens (including phenoxy) is 2. The molecule has 37 heavy (non-hydrogen) atoms. The Hall–Kier alpha value is -4.39. The molecule has 12 heteroatoms. The number of rotatable bonds is 8. The van der Waals surface area contributed by atoms with Crippen LogP contribution in [0.3, 0.4) is 0 Å². The molecule has 0 radical (unpaired) electrons. The molecule has 1 saturated heterocycles. The van der Waals surface area contributed by atoms with Gasteiger partial charge in [-0.05, 0) is 44.2 Å². The van der Waals surface area contributed by atoms with Crippen LogP contribution in [0, 0.1) is 34.0 Å². The minimum Gasteiger partial charge on any atom is -0.354 e. The molecule has 1 aromatic carbocycles. The number of imidazole rings is 1. The first kappa shape index (κ1) is 25.7. The van der Waals surface area contributed by atoms with Crippen LogP contribution in [0.2, 0.25) is 0 Å². The third-order valence-electron chi connectivity index (χ3n) is 5.82. The molecule has 11 nitrogen and oxygen atoms in total. The van der Waals surface area contributed by atoms with E-state index in [4.69, 9.17) is 14.7 Å². The first-order valence-corrected chi connectivity index (χ1v) is 11.6. The van der Waals surface area contributed by atoms with Crippen molar-refractivity contribution in [1.82, 2.24) is 25.3 Å². The van der Waals surface area contributed by atoms with Gasteiger partial charge in [0.2, 0.25) is 18.1 Å². The number of benzene rings is 1. The van der Waals surface area contributed by atoms with Gasteiger partial charge >= 0.3 is 0 Å². The molecule has 3 heterocycles. The average Bonchev–Trinajstić information content (AvgIpc) is 3.36. The third-order valence-corrected chi connectivity index (χ3v) is 5.82. The first-order valence-electron chi connectivity index (χ1n) is 11.6. The van der Waals surface area contributed by atoms with Crippen molar-refractivity contribution in [3.05, 3.63) is 48.2 Å². The standard InChI is InChI=1S/C25H25FN8O3/c1-3-34(15-28)24-30-12-9-18(31-24)20-19(16-5-7-17(26)8-6-16)32-21(33-20)22-36-13-25(2,14-37-22)23(35)29-11-4-10-27/h5-9,12,22H,3-4,11,13-14H2,1-2H3,(H,29,35)(H,32,33). The number of aromatic amines is 1. The van der Waals surface area contributed by atoms with E-state index in [0.717, 1.165) is 0 Å². The van der Waals surface area contributed by atoms with Crippen molar-refractivity contribution in [2.75, 3.05) is 31.2 Å². The van der Waals surface area contributed by atoms with Gasteiger partial charge in [0, 0.05) is 24.8 Å². The maximum absolute atomic E-state index is 13.6. The molecule has 0 saturated carbocycles. The normalized spacial score (nSPS) is 19.0. The van der Waals surface area contributed by atoms with E-state index in [-0.39, 0.29) is 43.9 Å². The summed E-state index contributed by atoms with van der Waals surface area (Å²) in [5, 5.41) is 20.8. The Balaban J connectivity index is 1.64. The van der Waals surface area contributed by atoms with Gasteiger partial charge in [0.25, 0.3) is 0 Å². The highest BCUT2D eigenvalue weighted by molar-refractivity contribution is 5.82. The number of anilines is 1. The second-order valence-electron chi connectivity index (χ2n) is 8.62. The molecule has 4 rings (SSSR count). The number of amides is 1. The number of halogens is 1. The number of hydrogen-bond donors (Lipinski definition) is 2. The Morgan fingerprint density at radius 2 is 1.97 bits per heavy atom. The summed E-state index contributed by atoms with van der Waals surface area (Å²) in [4.78, 5) is 30.5. The second kappa shape index (κ2) is 11.1. The molecule has 0 bridgehead atoms. The topological polar surface area (TPSA) is 153 Å². The van der Waals surface area contributed by atoms with Crippen LogP contribution in [-0.4, -0.2) is 52.1 Å². The molecule has 2 N–H and O–H groups in total. The van der Waals surface area contributed by atoms with Gasteiger partial charge in [-0.25, -0.2) is 24.2 Å². The number of H-pyrrole nitrogens is 1. The summed E-state index contributed by atoms with van der Waals surface area (Å²) < 4.78 is 25.4. The third kappa shape index (κ3) is 5.56. The van der Waals surface area contributed by atoms with Crippen molar-refractivity contribution in [3.63, 3.8) is 0 Å². The van der Waals surface area contributed by atoms with Gasteiger partial charge in [-0.2, -0.15) is 10.5 Å². The molecule has 190 valence electrons. The SMILES string of the molecule is CCN(C#N)c1nccc(-c2[nH]c(C3OCC(C)(C(=O)NCCC#N)CO3)nc2-c2ccc(F)cc2)n1. The molecular weight excluding hydrogens is 479 g/mol. The number of nitriles is 2. The largest absolute Gasteiger partial charge is 0.354 e. The summed E-state index contributed by atoms with van der Waals surface area (Å²) in [6.07, 6.45) is 2.90. The summed E-state index contributed by atoms with van der Waals surface area (Å²) in [6.45, 7) is 4.32. The molecular formula is C25H25FN8O3. The molecule has 0 aliphatic carbocycles. The van der Waals surface area contributed by atoms with Gasteiger partial charge in [-0.1, -0.05) is 0 Å². The van der Waals surface area contributed by atoms with Crippen LogP contribution in [0.4, 0.5) is 10.3 Å². The highest BCUT2D eigenvalue weighted by Crippen LogP contribution is 2.35. The van der Waals surface area contributed by atoms with Gasteiger partial charge in [-0.3, -0.25) is 4.79 Å². The van der Waals surface area contributed by atoms with E-state index in [1.54, 1.807) is 25.1 Å². The van der Waals surface area contributed by atoms with Crippen LogP contribution < -0.4 is 10.2 Å². The van der Waals surface area contributed by atoms with Gasteiger partial charge in [0.05, 0.1) is 48.2 Å². The maximum Gasteiger partial charge on any atom is 0.239 e. The Labute approximate surface area is 212 Å². The predicted molar refractivity (Wildman–Crippen MR) is 130 cm³/mol. The van der Waals surface area contributed by atoms with Crippen molar-refractivity contribution >= 4 is 11.9 Å². The number of carbonyl (C=O) groups excluding carboxylic acids is 1. The molecule has 0 unspecified atom stereocenters. The fourth-order valence-corrected chi connectivity index (χ4v) is 3.72. The fourth-order valence-electron chi connectivity index (χ4n) is 3.72. The Bertz CT molecular complexity index is 1340. The minimum absolute atomic E-state index is 0.0727. The minimum atomic E-state index is -0.927. The van der Waals surface area contributed by atoms with E-state index in [1.807, 2.05) is 19.2 Å². The lowest BCUT2D eigenvalue weighted by Crippen LogP contribution is -2.48. The predicted octanol–water partition coefficient (Wildman–Crippen LogP) is 3.06. The summed E-state index contributed by atoms with van der Waals surface area (Å²) in [6, 6.07) is 9.51. The molecule has 1 aliphatic rings. The van der Waals surface area contributed by atoms with E-state index in [1.165, 1.54) is 23.2 Å². The summed E-state index contributed by atoms with van der Waals surface area (Å²) in [5.41, 5.74) is 1.16. The number of carbonyl (C=O) groups is 1. The monoisotopic (exact) mass is 504 g/mol. The highest BCUT2D eigenvalue weighted by Gasteiger charge is 2.40. The van der Waals surface area contributed by atoms with Crippen LogP contribution in [0.5, 0.6) is 0 Å². The smallest absolute Gasteiger partial charge is 0.239 e. The molecule has 0 atom stereocenters. The van der Waals surface area contributed by atoms with Crippen molar-refractivity contribution in [2.24, 2.45) is 5.41 Å². The maximum atomic E-state index is 13.6. The zero-order valence-electron chi connectivity index (χ0n) is 20.4.